The van der Waals surface area contributed by atoms with Crippen molar-refractivity contribution in [2.24, 2.45) is 10.8 Å². The van der Waals surface area contributed by atoms with Gasteiger partial charge in [0.05, 0.1) is 13.2 Å². The molecule has 4 spiro atoms. The highest BCUT2D eigenvalue weighted by molar-refractivity contribution is 5.83. The third-order valence-corrected chi connectivity index (χ3v) is 9.07. The molecular formula is C24H36O10. The van der Waals surface area contributed by atoms with Gasteiger partial charge in [-0.2, -0.15) is 0 Å². The van der Waals surface area contributed by atoms with Crippen molar-refractivity contribution in [3.8, 4) is 0 Å². The molecule has 0 bridgehead atoms. The summed E-state index contributed by atoms with van der Waals surface area (Å²) in [4.78, 5) is 23.1. The average Bonchev–Trinajstić information content (AvgIpc) is 3.61. The largest absolute Gasteiger partial charge is 0.428 e. The molecule has 4 saturated heterocycles. The van der Waals surface area contributed by atoms with Gasteiger partial charge in [0.15, 0.2) is 23.4 Å². The molecule has 0 aromatic rings. The lowest BCUT2D eigenvalue weighted by Crippen LogP contribution is -2.49. The van der Waals surface area contributed by atoms with Gasteiger partial charge >= 0.3 is 11.9 Å². The van der Waals surface area contributed by atoms with Crippen LogP contribution < -0.4 is 0 Å². The highest BCUT2D eigenvalue weighted by atomic mass is 16.8. The van der Waals surface area contributed by atoms with E-state index in [4.69, 9.17) is 18.9 Å². The van der Waals surface area contributed by atoms with Gasteiger partial charge in [-0.3, -0.25) is 0 Å². The van der Waals surface area contributed by atoms with Crippen LogP contribution in [0.25, 0.3) is 0 Å². The van der Waals surface area contributed by atoms with Crippen LogP contribution in [-0.4, -0.2) is 80.6 Å². The molecule has 6 aliphatic rings. The van der Waals surface area contributed by atoms with Gasteiger partial charge in [0.1, 0.15) is 0 Å². The maximum absolute atomic E-state index is 11.6. The highest BCUT2D eigenvalue weighted by Crippen LogP contribution is 2.56. The fourth-order valence-electron chi connectivity index (χ4n) is 6.89. The minimum atomic E-state index is -1.86. The third-order valence-electron chi connectivity index (χ3n) is 9.07. The number of aliphatic hydroxyl groups excluding tert-OH is 2. The summed E-state index contributed by atoms with van der Waals surface area (Å²) in [6.07, 6.45) is 7.18. The first-order chi connectivity index (χ1) is 15.8. The van der Waals surface area contributed by atoms with Crippen molar-refractivity contribution in [2.45, 2.75) is 113 Å². The van der Waals surface area contributed by atoms with E-state index < -0.39 is 46.9 Å². The normalized spacial score (nSPS) is 48.2. The quantitative estimate of drug-likeness (QED) is 0.361. The van der Waals surface area contributed by atoms with E-state index in [9.17, 15) is 30.0 Å². The minimum Gasteiger partial charge on any atom is -0.428 e. The molecule has 0 unspecified atom stereocenters. The number of hydrogen-bond acceptors (Lipinski definition) is 10. The Labute approximate surface area is 198 Å². The monoisotopic (exact) mass is 484 g/mol. The van der Waals surface area contributed by atoms with Crippen molar-refractivity contribution in [2.75, 3.05) is 13.2 Å². The number of ether oxygens (including phenoxy) is 4. The number of carbonyl (C=O) groups excluding carboxylic acids is 2. The van der Waals surface area contributed by atoms with Crippen molar-refractivity contribution in [1.29, 1.82) is 0 Å². The number of hydrogen-bond donors (Lipinski definition) is 4. The molecule has 0 aromatic heterocycles. The summed E-state index contributed by atoms with van der Waals surface area (Å²) in [5, 5.41) is 40.0. The van der Waals surface area contributed by atoms with E-state index >= 15 is 0 Å². The predicted molar refractivity (Wildman–Crippen MR) is 114 cm³/mol. The molecule has 10 heteroatoms. The molecule has 0 aromatic carbocycles. The van der Waals surface area contributed by atoms with Crippen LogP contribution in [0.15, 0.2) is 0 Å². The summed E-state index contributed by atoms with van der Waals surface area (Å²) in [7, 11) is 0. The lowest BCUT2D eigenvalue weighted by atomic mass is 9.80. The van der Waals surface area contributed by atoms with Crippen molar-refractivity contribution in [3.63, 3.8) is 0 Å². The van der Waals surface area contributed by atoms with Crippen LogP contribution in [-0.2, 0) is 28.5 Å². The zero-order chi connectivity index (χ0) is 24.6. The summed E-state index contributed by atoms with van der Waals surface area (Å²) >= 11 is 0. The van der Waals surface area contributed by atoms with Crippen LogP contribution in [0, 0.1) is 10.8 Å². The molecular weight excluding hydrogens is 448 g/mol. The summed E-state index contributed by atoms with van der Waals surface area (Å²) in [6, 6.07) is 0. The minimum absolute atomic E-state index is 0.0294. The van der Waals surface area contributed by atoms with E-state index in [1.54, 1.807) is 0 Å². The zero-order valence-corrected chi connectivity index (χ0v) is 19.9. The smallest absolute Gasteiger partial charge is 0.343 e. The Bertz CT molecular complexity index is 786. The van der Waals surface area contributed by atoms with Crippen LogP contribution in [0.4, 0.5) is 0 Å². The molecule has 0 amide bonds. The van der Waals surface area contributed by atoms with Crippen molar-refractivity contribution < 1.29 is 49.0 Å². The lowest BCUT2D eigenvalue weighted by Gasteiger charge is -2.28. The second-order valence-electron chi connectivity index (χ2n) is 11.8. The third kappa shape index (κ3) is 3.44. The van der Waals surface area contributed by atoms with Crippen LogP contribution >= 0.6 is 0 Å². The van der Waals surface area contributed by atoms with E-state index in [0.29, 0.717) is 26.1 Å². The van der Waals surface area contributed by atoms with Gasteiger partial charge < -0.3 is 39.4 Å². The van der Waals surface area contributed by atoms with Gasteiger partial charge in [-0.25, -0.2) is 9.59 Å². The molecule has 2 aliphatic carbocycles. The zero-order valence-electron chi connectivity index (χ0n) is 19.9. The second kappa shape index (κ2) is 7.60. The fourth-order valence-corrected chi connectivity index (χ4v) is 6.89. The Hall–Kier alpha value is -1.30. The van der Waals surface area contributed by atoms with E-state index in [0.717, 1.165) is 51.4 Å². The molecule has 4 aliphatic heterocycles. The van der Waals surface area contributed by atoms with Gasteiger partial charge in [-0.15, -0.1) is 0 Å². The molecule has 4 N–H and O–H groups in total. The van der Waals surface area contributed by atoms with Crippen molar-refractivity contribution in [1.82, 2.24) is 0 Å². The molecule has 6 rings (SSSR count). The second-order valence-corrected chi connectivity index (χ2v) is 11.8. The Kier molecular flexibility index (Phi) is 5.45. The van der Waals surface area contributed by atoms with Gasteiger partial charge in [-0.1, -0.05) is 25.7 Å². The summed E-state index contributed by atoms with van der Waals surface area (Å²) < 4.78 is 21.5. The van der Waals surface area contributed by atoms with Crippen LogP contribution in [0.3, 0.4) is 0 Å². The van der Waals surface area contributed by atoms with Crippen LogP contribution in [0.1, 0.15) is 78.1 Å². The predicted octanol–water partition coefficient (Wildman–Crippen LogP) is 0.664. The van der Waals surface area contributed by atoms with E-state index in [-0.39, 0.29) is 10.8 Å². The number of aliphatic hydroxyl groups is 4. The summed E-state index contributed by atoms with van der Waals surface area (Å²) in [6.45, 7) is 3.57. The molecule has 6 fully saturated rings. The van der Waals surface area contributed by atoms with Gasteiger partial charge in [0.2, 0.25) is 11.6 Å². The lowest BCUT2D eigenvalue weighted by molar-refractivity contribution is -0.223. The SMILES string of the molecule is C[C@@]1(O)C(=O)O[C@]2(CC3(CCCC3)CO2)[C@@H]1O.C[C@]1(O)C(=O)O[C@@]2(CC3(CCCC3)CO2)[C@H]1O. The maximum atomic E-state index is 11.6. The topological polar surface area (TPSA) is 152 Å². The Balaban J connectivity index is 0.000000142. The molecule has 192 valence electrons. The standard InChI is InChI=1S/2C12H18O5/c2*1-10(15)8(13)12(17-9(10)14)6-11(7-16-12)4-2-3-5-11/h2*8,13,15H,2-7H2,1H3/t2*8-,10+,12-/m10/s1. The number of rotatable bonds is 0. The molecule has 0 radical (unpaired) electrons. The Morgan fingerprint density at radius 1 is 0.676 bits per heavy atom. The van der Waals surface area contributed by atoms with E-state index in [2.05, 4.69) is 0 Å². The molecule has 6 atom stereocenters. The van der Waals surface area contributed by atoms with Crippen LogP contribution in [0.5, 0.6) is 0 Å². The first-order valence-corrected chi connectivity index (χ1v) is 12.4. The summed E-state index contributed by atoms with van der Waals surface area (Å²) in [5.41, 5.74) is -3.66. The number of esters is 2. The Morgan fingerprint density at radius 2 is 1.00 bits per heavy atom. The van der Waals surface area contributed by atoms with E-state index in [1.807, 2.05) is 0 Å². The molecule has 2 saturated carbocycles. The molecule has 4 heterocycles. The molecule has 10 nitrogen and oxygen atoms in total. The van der Waals surface area contributed by atoms with Gasteiger partial charge in [-0.05, 0) is 39.5 Å². The summed E-state index contributed by atoms with van der Waals surface area (Å²) in [5.74, 6) is -4.21. The van der Waals surface area contributed by atoms with Crippen molar-refractivity contribution in [3.05, 3.63) is 0 Å². The van der Waals surface area contributed by atoms with Crippen LogP contribution in [0.2, 0.25) is 0 Å². The first kappa shape index (κ1) is 24.4. The first-order valence-electron chi connectivity index (χ1n) is 12.4. The van der Waals surface area contributed by atoms with Crippen molar-refractivity contribution >= 4 is 11.9 Å². The number of carbonyl (C=O) groups is 2. The molecule has 34 heavy (non-hydrogen) atoms. The van der Waals surface area contributed by atoms with Gasteiger partial charge in [0, 0.05) is 23.7 Å². The Morgan fingerprint density at radius 3 is 1.26 bits per heavy atom. The fraction of sp³-hybridized carbons (Fsp3) is 0.917. The highest BCUT2D eigenvalue weighted by Gasteiger charge is 2.69. The van der Waals surface area contributed by atoms with Gasteiger partial charge in [0.25, 0.3) is 0 Å². The average molecular weight is 485 g/mol. The van der Waals surface area contributed by atoms with E-state index in [1.165, 1.54) is 13.8 Å². The maximum Gasteiger partial charge on any atom is 0.343 e.